The second-order valence-electron chi connectivity index (χ2n) is 4.13. The zero-order valence-corrected chi connectivity index (χ0v) is 11.8. The molecule has 0 aliphatic carbocycles. The van der Waals surface area contributed by atoms with E-state index in [2.05, 4.69) is 10.6 Å². The zero-order chi connectivity index (χ0) is 15.9. The van der Waals surface area contributed by atoms with Crippen LogP contribution in [0.4, 0.5) is 0 Å². The second-order valence-corrected chi connectivity index (χ2v) is 5.70. The summed E-state index contributed by atoms with van der Waals surface area (Å²) < 4.78 is 29.7. The van der Waals surface area contributed by atoms with E-state index >= 15 is 0 Å². The lowest BCUT2D eigenvalue weighted by molar-refractivity contribution is -0.131. The van der Waals surface area contributed by atoms with Gasteiger partial charge in [0.15, 0.2) is 6.61 Å². The first-order chi connectivity index (χ1) is 9.83. The van der Waals surface area contributed by atoms with Crippen LogP contribution in [-0.4, -0.2) is 43.7 Å². The molecule has 1 atom stereocenters. The number of amides is 2. The van der Waals surface area contributed by atoms with Crippen molar-refractivity contribution >= 4 is 21.9 Å². The van der Waals surface area contributed by atoms with E-state index in [1.165, 1.54) is 0 Å². The number of carbonyl (C=O) groups is 2. The van der Waals surface area contributed by atoms with Crippen LogP contribution in [0, 0.1) is 0 Å². The number of hydrogen-bond donors (Lipinski definition) is 3. The first kappa shape index (κ1) is 17.1. The lowest BCUT2D eigenvalue weighted by Gasteiger charge is -2.18. The molecule has 8 nitrogen and oxygen atoms in total. The minimum atomic E-state index is -4.19. The summed E-state index contributed by atoms with van der Waals surface area (Å²) in [5.41, 5.74) is 0.448. The smallest absolute Gasteiger partial charge is 0.266 e. The molecule has 0 aliphatic heterocycles. The SMILES string of the molecule is [O]CC(=O)N[C@@H](C(=O)NCCS(=O)(=O)O)c1ccccc1. The normalized spacial score (nSPS) is 12.5. The van der Waals surface area contributed by atoms with Crippen LogP contribution >= 0.6 is 0 Å². The molecule has 0 unspecified atom stereocenters. The molecule has 115 valence electrons. The number of rotatable bonds is 7. The number of carbonyl (C=O) groups excluding carboxylic acids is 2. The zero-order valence-electron chi connectivity index (χ0n) is 11.0. The minimum Gasteiger partial charge on any atom is -0.353 e. The van der Waals surface area contributed by atoms with Crippen LogP contribution < -0.4 is 10.6 Å². The number of hydrogen-bond acceptors (Lipinski definition) is 4. The van der Waals surface area contributed by atoms with Crippen LogP contribution in [0.5, 0.6) is 0 Å². The molecule has 1 rings (SSSR count). The summed E-state index contributed by atoms with van der Waals surface area (Å²) in [7, 11) is -4.19. The van der Waals surface area contributed by atoms with Gasteiger partial charge >= 0.3 is 0 Å². The highest BCUT2D eigenvalue weighted by molar-refractivity contribution is 7.85. The van der Waals surface area contributed by atoms with Crippen LogP contribution in [0.1, 0.15) is 11.6 Å². The molecule has 0 spiro atoms. The highest BCUT2D eigenvalue weighted by Gasteiger charge is 2.22. The Hall–Kier alpha value is -1.97. The van der Waals surface area contributed by atoms with Gasteiger partial charge in [0.05, 0.1) is 5.75 Å². The lowest BCUT2D eigenvalue weighted by Crippen LogP contribution is -2.42. The predicted octanol–water partition coefficient (Wildman–Crippen LogP) is -0.722. The molecule has 0 fully saturated rings. The van der Waals surface area contributed by atoms with Crippen molar-refractivity contribution in [3.05, 3.63) is 35.9 Å². The molecule has 1 aromatic rings. The first-order valence-corrected chi connectivity index (χ1v) is 7.59. The summed E-state index contributed by atoms with van der Waals surface area (Å²) in [6.45, 7) is -1.34. The Morgan fingerprint density at radius 1 is 1.19 bits per heavy atom. The highest BCUT2D eigenvalue weighted by Crippen LogP contribution is 2.12. The fourth-order valence-electron chi connectivity index (χ4n) is 1.55. The second kappa shape index (κ2) is 7.72. The third-order valence-electron chi connectivity index (χ3n) is 2.49. The molecule has 0 aromatic heterocycles. The number of nitrogens with one attached hydrogen (secondary N) is 2. The van der Waals surface area contributed by atoms with Gasteiger partial charge in [-0.1, -0.05) is 30.3 Å². The van der Waals surface area contributed by atoms with Gasteiger partial charge in [-0.15, -0.1) is 0 Å². The third kappa shape index (κ3) is 6.34. The van der Waals surface area contributed by atoms with E-state index in [0.717, 1.165) is 0 Å². The van der Waals surface area contributed by atoms with Crippen molar-refractivity contribution in [1.29, 1.82) is 0 Å². The Morgan fingerprint density at radius 3 is 2.33 bits per heavy atom. The van der Waals surface area contributed by atoms with Crippen LogP contribution in [-0.2, 0) is 24.8 Å². The molecule has 0 bridgehead atoms. The largest absolute Gasteiger partial charge is 0.353 e. The van der Waals surface area contributed by atoms with Crippen LogP contribution in [0.3, 0.4) is 0 Å². The lowest BCUT2D eigenvalue weighted by atomic mass is 10.1. The van der Waals surface area contributed by atoms with Gasteiger partial charge < -0.3 is 10.6 Å². The van der Waals surface area contributed by atoms with E-state index in [-0.39, 0.29) is 6.54 Å². The van der Waals surface area contributed by atoms with Gasteiger partial charge in [-0.05, 0) is 5.56 Å². The fraction of sp³-hybridized carbons (Fsp3) is 0.333. The van der Waals surface area contributed by atoms with E-state index in [1.807, 2.05) is 0 Å². The minimum absolute atomic E-state index is 0.311. The summed E-state index contributed by atoms with van der Waals surface area (Å²) in [5, 5.41) is 15.0. The maximum absolute atomic E-state index is 12.0. The Bertz CT molecular complexity index is 587. The van der Waals surface area contributed by atoms with Gasteiger partial charge in [-0.3, -0.25) is 14.1 Å². The maximum Gasteiger partial charge on any atom is 0.266 e. The molecule has 0 saturated heterocycles. The quantitative estimate of drug-likeness (QED) is 0.571. The Balaban J connectivity index is 2.76. The van der Waals surface area contributed by atoms with E-state index in [0.29, 0.717) is 5.56 Å². The highest BCUT2D eigenvalue weighted by atomic mass is 32.2. The van der Waals surface area contributed by atoms with Gasteiger partial charge in [0.1, 0.15) is 6.04 Å². The van der Waals surface area contributed by atoms with Crippen molar-refractivity contribution in [2.45, 2.75) is 6.04 Å². The van der Waals surface area contributed by atoms with E-state index in [1.54, 1.807) is 30.3 Å². The topological polar surface area (TPSA) is 132 Å². The number of benzene rings is 1. The van der Waals surface area contributed by atoms with Crippen LogP contribution in [0.15, 0.2) is 30.3 Å². The molecule has 9 heteroatoms. The molecule has 0 saturated carbocycles. The van der Waals surface area contributed by atoms with Gasteiger partial charge in [-0.2, -0.15) is 8.42 Å². The summed E-state index contributed by atoms with van der Waals surface area (Å²) in [5.74, 6) is -2.17. The van der Waals surface area contributed by atoms with E-state index in [4.69, 9.17) is 4.55 Å². The summed E-state index contributed by atoms with van der Waals surface area (Å²) in [4.78, 5) is 23.2. The van der Waals surface area contributed by atoms with Crippen molar-refractivity contribution in [1.82, 2.24) is 10.6 Å². The Labute approximate surface area is 121 Å². The van der Waals surface area contributed by atoms with Crippen molar-refractivity contribution in [3.8, 4) is 0 Å². The molecule has 2 amide bonds. The average molecular weight is 315 g/mol. The van der Waals surface area contributed by atoms with Crippen LogP contribution in [0.25, 0.3) is 0 Å². The van der Waals surface area contributed by atoms with Gasteiger partial charge in [0, 0.05) is 6.54 Å². The summed E-state index contributed by atoms with van der Waals surface area (Å²) in [6.07, 6.45) is 0. The standard InChI is InChI=1S/C12H15N2O6S/c15-8-10(16)14-11(9-4-2-1-3-5-9)12(17)13-6-7-21(18,19)20/h1-5,11H,6-8H2,(H,13,17)(H,14,16)(H,18,19,20)/t11-/m1/s1. The van der Waals surface area contributed by atoms with E-state index < -0.39 is 40.3 Å². The average Bonchev–Trinajstić information content (AvgIpc) is 2.43. The monoisotopic (exact) mass is 315 g/mol. The Morgan fingerprint density at radius 2 is 1.81 bits per heavy atom. The van der Waals surface area contributed by atoms with Gasteiger partial charge in [0.25, 0.3) is 10.1 Å². The van der Waals surface area contributed by atoms with E-state index in [9.17, 15) is 23.1 Å². The molecule has 0 aliphatic rings. The molecule has 1 aromatic carbocycles. The predicted molar refractivity (Wildman–Crippen MR) is 72.3 cm³/mol. The molecule has 3 N–H and O–H groups in total. The van der Waals surface area contributed by atoms with Crippen molar-refractivity contribution in [3.63, 3.8) is 0 Å². The van der Waals surface area contributed by atoms with Crippen molar-refractivity contribution in [2.75, 3.05) is 18.9 Å². The Kier molecular flexibility index (Phi) is 6.28. The summed E-state index contributed by atoms with van der Waals surface area (Å²) >= 11 is 0. The molecular weight excluding hydrogens is 300 g/mol. The van der Waals surface area contributed by atoms with Gasteiger partial charge in [0.2, 0.25) is 11.8 Å². The summed E-state index contributed by atoms with van der Waals surface area (Å²) in [6, 6.07) is 7.07. The molecule has 1 radical (unpaired) electrons. The van der Waals surface area contributed by atoms with Crippen LogP contribution in [0.2, 0.25) is 0 Å². The first-order valence-electron chi connectivity index (χ1n) is 5.99. The molecule has 0 heterocycles. The van der Waals surface area contributed by atoms with Crippen molar-refractivity contribution in [2.24, 2.45) is 0 Å². The third-order valence-corrected chi connectivity index (χ3v) is 3.21. The maximum atomic E-state index is 12.0. The van der Waals surface area contributed by atoms with Crippen molar-refractivity contribution < 1.29 is 27.7 Å². The molecule has 21 heavy (non-hydrogen) atoms. The van der Waals surface area contributed by atoms with Gasteiger partial charge in [-0.25, -0.2) is 5.11 Å². The fourth-order valence-corrected chi connectivity index (χ4v) is 1.91. The molecular formula is C12H15N2O6S.